The van der Waals surface area contributed by atoms with Gasteiger partial charge in [0.1, 0.15) is 0 Å². The average Bonchev–Trinajstić information content (AvgIpc) is 2.14. The van der Waals surface area contributed by atoms with Crippen molar-refractivity contribution in [1.29, 1.82) is 0 Å². The van der Waals surface area contributed by atoms with Crippen molar-refractivity contribution in [3.05, 3.63) is 12.2 Å². The van der Waals surface area contributed by atoms with E-state index < -0.39 is 0 Å². The van der Waals surface area contributed by atoms with Gasteiger partial charge in [-0.25, -0.2) is 0 Å². The first kappa shape index (κ1) is 15.7. The molecular weight excluding hydrogens is 194 g/mol. The van der Waals surface area contributed by atoms with Gasteiger partial charge in [0.2, 0.25) is 0 Å². The van der Waals surface area contributed by atoms with Gasteiger partial charge in [0.05, 0.1) is 0 Å². The highest BCUT2D eigenvalue weighted by molar-refractivity contribution is 5.05. The van der Waals surface area contributed by atoms with Crippen molar-refractivity contribution in [3.63, 3.8) is 0 Å². The lowest BCUT2D eigenvalue weighted by atomic mass is 9.75. The zero-order valence-electron chi connectivity index (χ0n) is 12.1. The summed E-state index contributed by atoms with van der Waals surface area (Å²) in [7, 11) is 0. The summed E-state index contributed by atoms with van der Waals surface area (Å²) in [6.07, 6.45) is 3.54. The van der Waals surface area contributed by atoms with E-state index in [1.54, 1.807) is 0 Å². The summed E-state index contributed by atoms with van der Waals surface area (Å²) in [5.74, 6) is 1.27. The Balaban J connectivity index is 4.18. The second-order valence-electron chi connectivity index (χ2n) is 6.44. The van der Waals surface area contributed by atoms with Crippen LogP contribution in [0, 0.1) is 17.3 Å². The third kappa shape index (κ3) is 5.16. The summed E-state index contributed by atoms with van der Waals surface area (Å²) in [6.45, 7) is 17.7. The van der Waals surface area contributed by atoms with Crippen molar-refractivity contribution >= 4 is 0 Å². The van der Waals surface area contributed by atoms with Crippen molar-refractivity contribution in [1.82, 2.24) is 0 Å². The molecule has 0 amide bonds. The monoisotopic (exact) mass is 225 g/mol. The molecule has 0 aliphatic heterocycles. The van der Waals surface area contributed by atoms with E-state index in [9.17, 15) is 0 Å². The molecule has 16 heavy (non-hydrogen) atoms. The zero-order chi connectivity index (χ0) is 12.9. The van der Waals surface area contributed by atoms with Crippen LogP contribution in [-0.4, -0.2) is 6.04 Å². The van der Waals surface area contributed by atoms with Gasteiger partial charge in [-0.05, 0) is 30.1 Å². The molecule has 0 aliphatic carbocycles. The van der Waals surface area contributed by atoms with E-state index in [0.717, 1.165) is 12.3 Å². The molecule has 2 N–H and O–H groups in total. The Hall–Kier alpha value is -0.300. The Morgan fingerprint density at radius 2 is 1.75 bits per heavy atom. The quantitative estimate of drug-likeness (QED) is 0.667. The minimum absolute atomic E-state index is 0.164. The molecule has 0 aliphatic rings. The molecule has 96 valence electrons. The standard InChI is InChI=1S/C15H31N/c1-8-13(15(5,6)7)10-9-12(4)14(16)11(2)3/h11,13-14H,4,8-10,16H2,1-3,5-7H3. The molecule has 2 atom stereocenters. The maximum atomic E-state index is 6.10. The van der Waals surface area contributed by atoms with Crippen molar-refractivity contribution in [2.75, 3.05) is 0 Å². The normalized spacial score (nSPS) is 16.2. The molecule has 0 aromatic heterocycles. The van der Waals surface area contributed by atoms with Crippen LogP contribution in [0.1, 0.15) is 60.8 Å². The van der Waals surface area contributed by atoms with Gasteiger partial charge < -0.3 is 5.73 Å². The van der Waals surface area contributed by atoms with Crippen LogP contribution in [0.25, 0.3) is 0 Å². The first-order valence-corrected chi connectivity index (χ1v) is 6.63. The Morgan fingerprint density at radius 3 is 2.06 bits per heavy atom. The molecule has 1 nitrogen and oxygen atoms in total. The van der Waals surface area contributed by atoms with Crippen LogP contribution in [0.4, 0.5) is 0 Å². The van der Waals surface area contributed by atoms with E-state index in [4.69, 9.17) is 5.73 Å². The Bertz CT molecular complexity index is 210. The minimum atomic E-state index is 0.164. The molecule has 0 radical (unpaired) electrons. The largest absolute Gasteiger partial charge is 0.324 e. The van der Waals surface area contributed by atoms with E-state index in [1.165, 1.54) is 18.4 Å². The molecule has 1 heteroatoms. The third-order valence-electron chi connectivity index (χ3n) is 3.72. The molecule has 0 saturated carbocycles. The van der Waals surface area contributed by atoms with E-state index in [1.807, 2.05) is 0 Å². The maximum absolute atomic E-state index is 6.10. The van der Waals surface area contributed by atoms with Gasteiger partial charge >= 0.3 is 0 Å². The lowest BCUT2D eigenvalue weighted by Crippen LogP contribution is -2.29. The van der Waals surface area contributed by atoms with Gasteiger partial charge in [-0.15, -0.1) is 0 Å². The molecule has 0 aromatic carbocycles. The molecule has 0 rings (SSSR count). The second-order valence-corrected chi connectivity index (χ2v) is 6.44. The second kappa shape index (κ2) is 6.44. The number of rotatable bonds is 6. The molecule has 0 heterocycles. The van der Waals surface area contributed by atoms with Crippen LogP contribution < -0.4 is 5.73 Å². The van der Waals surface area contributed by atoms with E-state index in [2.05, 4.69) is 48.1 Å². The summed E-state index contributed by atoms with van der Waals surface area (Å²) in [5, 5.41) is 0. The summed E-state index contributed by atoms with van der Waals surface area (Å²) >= 11 is 0. The van der Waals surface area contributed by atoms with Gasteiger partial charge in [0.15, 0.2) is 0 Å². The molecule has 0 bridgehead atoms. The fourth-order valence-corrected chi connectivity index (χ4v) is 2.25. The third-order valence-corrected chi connectivity index (χ3v) is 3.72. The summed E-state index contributed by atoms with van der Waals surface area (Å²) < 4.78 is 0. The van der Waals surface area contributed by atoms with Gasteiger partial charge in [0, 0.05) is 6.04 Å². The van der Waals surface area contributed by atoms with Crippen molar-refractivity contribution in [3.8, 4) is 0 Å². The molecule has 0 fully saturated rings. The average molecular weight is 225 g/mol. The van der Waals surface area contributed by atoms with Crippen LogP contribution in [0.3, 0.4) is 0 Å². The molecule has 2 unspecified atom stereocenters. The maximum Gasteiger partial charge on any atom is 0.0274 e. The first-order valence-electron chi connectivity index (χ1n) is 6.63. The zero-order valence-corrected chi connectivity index (χ0v) is 12.1. The van der Waals surface area contributed by atoms with Crippen LogP contribution in [0.2, 0.25) is 0 Å². The molecule has 0 aromatic rings. The van der Waals surface area contributed by atoms with Crippen LogP contribution >= 0.6 is 0 Å². The van der Waals surface area contributed by atoms with Gasteiger partial charge in [-0.2, -0.15) is 0 Å². The Morgan fingerprint density at radius 1 is 1.25 bits per heavy atom. The van der Waals surface area contributed by atoms with E-state index in [-0.39, 0.29) is 6.04 Å². The fourth-order valence-electron chi connectivity index (χ4n) is 2.25. The highest BCUT2D eigenvalue weighted by Crippen LogP contribution is 2.33. The molecular formula is C15H31N. The summed E-state index contributed by atoms with van der Waals surface area (Å²) in [6, 6.07) is 0.164. The van der Waals surface area contributed by atoms with E-state index >= 15 is 0 Å². The molecule has 0 saturated heterocycles. The van der Waals surface area contributed by atoms with Gasteiger partial charge in [-0.1, -0.05) is 60.1 Å². The minimum Gasteiger partial charge on any atom is -0.324 e. The predicted octanol–water partition coefficient (Wildman–Crippen LogP) is 4.38. The summed E-state index contributed by atoms with van der Waals surface area (Å²) in [5.41, 5.74) is 7.72. The summed E-state index contributed by atoms with van der Waals surface area (Å²) in [4.78, 5) is 0. The Labute approximate surface area is 102 Å². The van der Waals surface area contributed by atoms with Gasteiger partial charge in [-0.3, -0.25) is 0 Å². The highest BCUT2D eigenvalue weighted by atomic mass is 14.6. The lowest BCUT2D eigenvalue weighted by Gasteiger charge is -2.31. The van der Waals surface area contributed by atoms with Crippen LogP contribution in [0.5, 0.6) is 0 Å². The Kier molecular flexibility index (Phi) is 6.32. The van der Waals surface area contributed by atoms with E-state index in [0.29, 0.717) is 11.3 Å². The van der Waals surface area contributed by atoms with Crippen molar-refractivity contribution in [2.45, 2.75) is 66.8 Å². The van der Waals surface area contributed by atoms with Crippen molar-refractivity contribution in [2.24, 2.45) is 23.0 Å². The number of hydrogen-bond donors (Lipinski definition) is 1. The van der Waals surface area contributed by atoms with Crippen LogP contribution in [-0.2, 0) is 0 Å². The molecule has 0 spiro atoms. The topological polar surface area (TPSA) is 26.0 Å². The van der Waals surface area contributed by atoms with Crippen LogP contribution in [0.15, 0.2) is 12.2 Å². The first-order chi connectivity index (χ1) is 7.20. The smallest absolute Gasteiger partial charge is 0.0274 e. The fraction of sp³-hybridized carbons (Fsp3) is 0.867. The predicted molar refractivity (Wildman–Crippen MR) is 74.4 cm³/mol. The highest BCUT2D eigenvalue weighted by Gasteiger charge is 2.23. The number of nitrogens with two attached hydrogens (primary N) is 1. The van der Waals surface area contributed by atoms with Gasteiger partial charge in [0.25, 0.3) is 0 Å². The lowest BCUT2D eigenvalue weighted by molar-refractivity contribution is 0.218. The number of hydrogen-bond acceptors (Lipinski definition) is 1. The van der Waals surface area contributed by atoms with Crippen molar-refractivity contribution < 1.29 is 0 Å². The SMILES string of the molecule is C=C(CCC(CC)C(C)(C)C)C(N)C(C)C.